The molecule has 16 heavy (non-hydrogen) atoms. The van der Waals surface area contributed by atoms with Gasteiger partial charge in [0.15, 0.2) is 0 Å². The number of hydrogen-bond acceptors (Lipinski definition) is 4. The first kappa shape index (κ1) is 12.7. The summed E-state index contributed by atoms with van der Waals surface area (Å²) in [5.41, 5.74) is 0.478. The number of ether oxygens (including phenoxy) is 2. The van der Waals surface area contributed by atoms with Gasteiger partial charge in [-0.3, -0.25) is 0 Å². The summed E-state index contributed by atoms with van der Waals surface area (Å²) < 4.78 is 9.91. The number of rotatable bonds is 6. The van der Waals surface area contributed by atoms with Crippen LogP contribution in [0.25, 0.3) is 0 Å². The molecule has 0 aliphatic rings. The summed E-state index contributed by atoms with van der Waals surface area (Å²) in [5, 5.41) is 9.37. The van der Waals surface area contributed by atoms with Crippen molar-refractivity contribution < 1.29 is 19.4 Å². The van der Waals surface area contributed by atoms with Crippen LogP contribution in [0.2, 0.25) is 0 Å². The fourth-order valence-corrected chi connectivity index (χ4v) is 1.13. The molecular weight excluding hydrogens is 208 g/mol. The van der Waals surface area contributed by atoms with Gasteiger partial charge in [0, 0.05) is 6.61 Å². The van der Waals surface area contributed by atoms with Crippen LogP contribution in [0.1, 0.15) is 17.3 Å². The standard InChI is InChI=1S/C12H16O4/c1-2-15-8-11(13)9-16-12(14)10-6-4-3-5-7-10/h3-7,11,13H,2,8-9H2,1H3. The van der Waals surface area contributed by atoms with Gasteiger partial charge in [0.1, 0.15) is 12.7 Å². The zero-order chi connectivity index (χ0) is 11.8. The first-order valence-corrected chi connectivity index (χ1v) is 5.22. The third kappa shape index (κ3) is 4.42. The first-order valence-electron chi connectivity index (χ1n) is 5.22. The van der Waals surface area contributed by atoms with Crippen LogP contribution < -0.4 is 0 Å². The summed E-state index contributed by atoms with van der Waals surface area (Å²) in [5.74, 6) is -0.434. The van der Waals surface area contributed by atoms with Crippen LogP contribution in [0.3, 0.4) is 0 Å². The van der Waals surface area contributed by atoms with E-state index in [0.29, 0.717) is 12.2 Å². The lowest BCUT2D eigenvalue weighted by molar-refractivity contribution is -0.00831. The molecule has 0 amide bonds. The molecule has 0 aliphatic carbocycles. The highest BCUT2D eigenvalue weighted by atomic mass is 16.5. The van der Waals surface area contributed by atoms with Crippen LogP contribution in [0.15, 0.2) is 30.3 Å². The van der Waals surface area contributed by atoms with E-state index in [2.05, 4.69) is 0 Å². The van der Waals surface area contributed by atoms with Crippen LogP contribution >= 0.6 is 0 Å². The predicted octanol–water partition coefficient (Wildman–Crippen LogP) is 1.24. The minimum absolute atomic E-state index is 0.0479. The zero-order valence-corrected chi connectivity index (χ0v) is 9.26. The lowest BCUT2D eigenvalue weighted by atomic mass is 10.2. The Morgan fingerprint density at radius 1 is 1.31 bits per heavy atom. The number of esters is 1. The Bertz CT molecular complexity index is 310. The van der Waals surface area contributed by atoms with E-state index in [1.165, 1.54) is 0 Å². The van der Waals surface area contributed by atoms with E-state index in [1.54, 1.807) is 24.3 Å². The van der Waals surface area contributed by atoms with Gasteiger partial charge in [-0.2, -0.15) is 0 Å². The molecule has 0 aliphatic heterocycles. The Morgan fingerprint density at radius 3 is 2.62 bits per heavy atom. The van der Waals surface area contributed by atoms with Crippen molar-refractivity contribution in [1.29, 1.82) is 0 Å². The SMILES string of the molecule is CCOCC(O)COC(=O)c1ccccc1. The minimum Gasteiger partial charge on any atom is -0.459 e. The van der Waals surface area contributed by atoms with Crippen molar-refractivity contribution in [3.8, 4) is 0 Å². The lowest BCUT2D eigenvalue weighted by Gasteiger charge is -2.10. The molecule has 4 heteroatoms. The van der Waals surface area contributed by atoms with Crippen molar-refractivity contribution >= 4 is 5.97 Å². The molecular formula is C12H16O4. The number of aliphatic hydroxyl groups excluding tert-OH is 1. The van der Waals surface area contributed by atoms with Gasteiger partial charge < -0.3 is 14.6 Å². The molecule has 0 radical (unpaired) electrons. The smallest absolute Gasteiger partial charge is 0.338 e. The van der Waals surface area contributed by atoms with E-state index < -0.39 is 12.1 Å². The van der Waals surface area contributed by atoms with E-state index in [9.17, 15) is 9.90 Å². The second-order valence-corrected chi connectivity index (χ2v) is 3.28. The summed E-state index contributed by atoms with van der Waals surface area (Å²) in [7, 11) is 0. The number of carbonyl (C=O) groups excluding carboxylic acids is 1. The highest BCUT2D eigenvalue weighted by molar-refractivity contribution is 5.89. The fourth-order valence-electron chi connectivity index (χ4n) is 1.13. The van der Waals surface area contributed by atoms with Gasteiger partial charge in [-0.15, -0.1) is 0 Å². The summed E-state index contributed by atoms with van der Waals surface area (Å²) >= 11 is 0. The van der Waals surface area contributed by atoms with E-state index in [1.807, 2.05) is 13.0 Å². The maximum Gasteiger partial charge on any atom is 0.338 e. The van der Waals surface area contributed by atoms with E-state index in [4.69, 9.17) is 9.47 Å². The molecule has 0 saturated heterocycles. The van der Waals surface area contributed by atoms with E-state index >= 15 is 0 Å². The second kappa shape index (κ2) is 6.98. The molecule has 1 N–H and O–H groups in total. The van der Waals surface area contributed by atoms with Crippen molar-refractivity contribution in [2.75, 3.05) is 19.8 Å². The molecule has 1 unspecified atom stereocenters. The van der Waals surface area contributed by atoms with Gasteiger partial charge in [-0.1, -0.05) is 18.2 Å². The summed E-state index contributed by atoms with van der Waals surface area (Å²) in [6.07, 6.45) is -0.771. The lowest BCUT2D eigenvalue weighted by Crippen LogP contribution is -2.23. The molecule has 1 aromatic carbocycles. The predicted molar refractivity (Wildman–Crippen MR) is 59.2 cm³/mol. The molecule has 1 aromatic rings. The monoisotopic (exact) mass is 224 g/mol. The number of benzene rings is 1. The van der Waals surface area contributed by atoms with Crippen molar-refractivity contribution in [2.24, 2.45) is 0 Å². The van der Waals surface area contributed by atoms with Gasteiger partial charge in [0.25, 0.3) is 0 Å². The fraction of sp³-hybridized carbons (Fsp3) is 0.417. The van der Waals surface area contributed by atoms with Crippen LogP contribution in [0.4, 0.5) is 0 Å². The number of aliphatic hydroxyl groups is 1. The highest BCUT2D eigenvalue weighted by Gasteiger charge is 2.10. The van der Waals surface area contributed by atoms with Gasteiger partial charge in [0.2, 0.25) is 0 Å². The van der Waals surface area contributed by atoms with Crippen molar-refractivity contribution in [1.82, 2.24) is 0 Å². The molecule has 0 bridgehead atoms. The Kier molecular flexibility index (Phi) is 5.53. The summed E-state index contributed by atoms with van der Waals surface area (Å²) in [6, 6.07) is 8.66. The quantitative estimate of drug-likeness (QED) is 0.739. The van der Waals surface area contributed by atoms with E-state index in [0.717, 1.165) is 0 Å². The van der Waals surface area contributed by atoms with Gasteiger partial charge >= 0.3 is 5.97 Å². The van der Waals surface area contributed by atoms with Crippen molar-refractivity contribution in [2.45, 2.75) is 13.0 Å². The van der Waals surface area contributed by atoms with Gasteiger partial charge in [-0.25, -0.2) is 4.79 Å². The van der Waals surface area contributed by atoms with Gasteiger partial charge in [-0.05, 0) is 19.1 Å². The zero-order valence-electron chi connectivity index (χ0n) is 9.26. The Labute approximate surface area is 94.8 Å². The molecule has 0 heterocycles. The molecule has 1 atom stereocenters. The maximum atomic E-state index is 11.4. The van der Waals surface area contributed by atoms with Crippen LogP contribution in [-0.2, 0) is 9.47 Å². The summed E-state index contributed by atoms with van der Waals surface area (Å²) in [6.45, 7) is 2.50. The van der Waals surface area contributed by atoms with Crippen molar-refractivity contribution in [3.05, 3.63) is 35.9 Å². The second-order valence-electron chi connectivity index (χ2n) is 3.28. The Morgan fingerprint density at radius 2 is 2.00 bits per heavy atom. The normalized spacial score (nSPS) is 12.1. The minimum atomic E-state index is -0.771. The van der Waals surface area contributed by atoms with E-state index in [-0.39, 0.29) is 13.2 Å². The Hall–Kier alpha value is -1.39. The Balaban J connectivity index is 2.30. The molecule has 0 fully saturated rings. The molecule has 0 spiro atoms. The number of carbonyl (C=O) groups is 1. The molecule has 1 rings (SSSR count). The molecule has 0 saturated carbocycles. The van der Waals surface area contributed by atoms with Crippen LogP contribution in [0, 0.1) is 0 Å². The van der Waals surface area contributed by atoms with Crippen molar-refractivity contribution in [3.63, 3.8) is 0 Å². The largest absolute Gasteiger partial charge is 0.459 e. The third-order valence-corrected chi connectivity index (χ3v) is 1.93. The van der Waals surface area contributed by atoms with Gasteiger partial charge in [0.05, 0.1) is 12.2 Å². The van der Waals surface area contributed by atoms with Crippen LogP contribution in [0.5, 0.6) is 0 Å². The first-order chi connectivity index (χ1) is 7.74. The molecule has 0 aromatic heterocycles. The topological polar surface area (TPSA) is 55.8 Å². The average molecular weight is 224 g/mol. The molecule has 88 valence electrons. The highest BCUT2D eigenvalue weighted by Crippen LogP contribution is 2.01. The number of hydrogen-bond donors (Lipinski definition) is 1. The van der Waals surface area contributed by atoms with Crippen LogP contribution in [-0.4, -0.2) is 37.0 Å². The molecule has 4 nitrogen and oxygen atoms in total. The summed E-state index contributed by atoms with van der Waals surface area (Å²) in [4.78, 5) is 11.4. The average Bonchev–Trinajstić information content (AvgIpc) is 2.34. The maximum absolute atomic E-state index is 11.4. The third-order valence-electron chi connectivity index (χ3n) is 1.93.